The first-order valence-corrected chi connectivity index (χ1v) is 11.7. The molecule has 0 saturated carbocycles. The average Bonchev–Trinajstić information content (AvgIpc) is 2.80. The van der Waals surface area contributed by atoms with Gasteiger partial charge < -0.3 is 15.4 Å². The van der Waals surface area contributed by atoms with Crippen molar-refractivity contribution in [3.63, 3.8) is 0 Å². The molecule has 0 unspecified atom stereocenters. The van der Waals surface area contributed by atoms with E-state index in [1.54, 1.807) is 0 Å². The maximum absolute atomic E-state index is 5.55. The van der Waals surface area contributed by atoms with Crippen molar-refractivity contribution in [1.82, 2.24) is 10.6 Å². The quantitative estimate of drug-likeness (QED) is 0.503. The average molecular weight is 412 g/mol. The molecule has 1 aliphatic rings. The van der Waals surface area contributed by atoms with Crippen LogP contribution in [0.25, 0.3) is 0 Å². The molecule has 4 nitrogen and oxygen atoms in total. The van der Waals surface area contributed by atoms with E-state index in [-0.39, 0.29) is 4.75 Å². The van der Waals surface area contributed by atoms with Crippen molar-refractivity contribution < 1.29 is 4.74 Å². The fourth-order valence-electron chi connectivity index (χ4n) is 3.89. The molecule has 2 aromatic rings. The van der Waals surface area contributed by atoms with Crippen LogP contribution in [-0.2, 0) is 4.74 Å². The molecule has 5 heteroatoms. The number of benzene rings is 2. The zero-order valence-corrected chi connectivity index (χ0v) is 18.4. The number of ether oxygens (including phenoxy) is 1. The Kier molecular flexibility index (Phi) is 8.44. The van der Waals surface area contributed by atoms with Gasteiger partial charge in [-0.1, -0.05) is 60.7 Å². The van der Waals surface area contributed by atoms with Crippen LogP contribution in [0.15, 0.2) is 65.7 Å². The van der Waals surface area contributed by atoms with Crippen LogP contribution in [0, 0.1) is 0 Å². The Hall–Kier alpha value is -1.98. The summed E-state index contributed by atoms with van der Waals surface area (Å²) in [4.78, 5) is 4.43. The number of rotatable bonds is 8. The molecule has 0 atom stereocenters. The molecule has 0 aromatic heterocycles. The Morgan fingerprint density at radius 2 is 1.59 bits per heavy atom. The molecule has 0 radical (unpaired) electrons. The lowest BCUT2D eigenvalue weighted by Crippen LogP contribution is -2.48. The number of hydrogen-bond acceptors (Lipinski definition) is 3. The topological polar surface area (TPSA) is 45.7 Å². The van der Waals surface area contributed by atoms with E-state index in [0.717, 1.165) is 51.5 Å². The second-order valence-electron chi connectivity index (χ2n) is 7.51. The normalized spacial score (nSPS) is 16.6. The Morgan fingerprint density at radius 3 is 2.10 bits per heavy atom. The number of aliphatic imine (C=N–C) groups is 1. The van der Waals surface area contributed by atoms with E-state index in [9.17, 15) is 0 Å². The highest BCUT2D eigenvalue weighted by molar-refractivity contribution is 8.00. The van der Waals surface area contributed by atoms with Gasteiger partial charge in [-0.3, -0.25) is 4.99 Å². The molecule has 3 rings (SSSR count). The minimum Gasteiger partial charge on any atom is -0.381 e. The van der Waals surface area contributed by atoms with E-state index in [1.165, 1.54) is 11.1 Å². The van der Waals surface area contributed by atoms with Crippen molar-refractivity contribution in [1.29, 1.82) is 0 Å². The van der Waals surface area contributed by atoms with Gasteiger partial charge in [-0.25, -0.2) is 0 Å². The van der Waals surface area contributed by atoms with Gasteiger partial charge in [0.1, 0.15) is 0 Å². The standard InChI is InChI=1S/C24H33N3OS/c1-25-23(27-19-24(29-2)14-17-28-18-15-24)26-16-13-22(20-9-5-3-6-10-20)21-11-7-4-8-12-21/h3-12,22H,13-19H2,1-2H3,(H2,25,26,27). The lowest BCUT2D eigenvalue weighted by atomic mass is 9.88. The molecule has 1 heterocycles. The van der Waals surface area contributed by atoms with Gasteiger partial charge in [0.05, 0.1) is 0 Å². The first kappa shape index (κ1) is 21.7. The summed E-state index contributed by atoms with van der Waals surface area (Å²) in [6.07, 6.45) is 5.38. The molecule has 156 valence electrons. The fourth-order valence-corrected chi connectivity index (χ4v) is 4.68. The Labute approximate surface area is 179 Å². The monoisotopic (exact) mass is 411 g/mol. The minimum atomic E-state index is 0.243. The first-order valence-electron chi connectivity index (χ1n) is 10.4. The van der Waals surface area contributed by atoms with Crippen molar-refractivity contribution in [2.75, 3.05) is 39.6 Å². The summed E-state index contributed by atoms with van der Waals surface area (Å²) >= 11 is 1.94. The molecule has 0 amide bonds. The maximum atomic E-state index is 5.55. The highest BCUT2D eigenvalue weighted by atomic mass is 32.2. The zero-order chi connectivity index (χ0) is 20.4. The molecule has 1 saturated heterocycles. The molecule has 0 aliphatic carbocycles. The maximum Gasteiger partial charge on any atom is 0.191 e. The molecule has 1 fully saturated rings. The summed E-state index contributed by atoms with van der Waals surface area (Å²) in [5.74, 6) is 1.25. The van der Waals surface area contributed by atoms with Crippen molar-refractivity contribution in [2.24, 2.45) is 4.99 Å². The lowest BCUT2D eigenvalue weighted by molar-refractivity contribution is 0.0783. The Balaban J connectivity index is 1.56. The molecule has 0 spiro atoms. The molecule has 29 heavy (non-hydrogen) atoms. The van der Waals surface area contributed by atoms with E-state index in [1.807, 2.05) is 18.8 Å². The molecule has 2 N–H and O–H groups in total. The third-order valence-corrected chi connectivity index (χ3v) is 7.19. The van der Waals surface area contributed by atoms with Gasteiger partial charge in [-0.15, -0.1) is 0 Å². The Morgan fingerprint density at radius 1 is 1.00 bits per heavy atom. The molecular weight excluding hydrogens is 378 g/mol. The van der Waals surface area contributed by atoms with E-state index in [2.05, 4.69) is 82.5 Å². The SMILES string of the molecule is CN=C(NCCC(c1ccccc1)c1ccccc1)NCC1(SC)CCOCC1. The summed E-state index contributed by atoms with van der Waals surface area (Å²) in [5.41, 5.74) is 2.71. The van der Waals surface area contributed by atoms with Crippen molar-refractivity contribution in [3.05, 3.63) is 71.8 Å². The van der Waals surface area contributed by atoms with E-state index in [4.69, 9.17) is 4.74 Å². The number of thioether (sulfide) groups is 1. The highest BCUT2D eigenvalue weighted by Crippen LogP contribution is 2.33. The molecule has 1 aliphatic heterocycles. The highest BCUT2D eigenvalue weighted by Gasteiger charge is 2.31. The largest absolute Gasteiger partial charge is 0.381 e. The summed E-state index contributed by atoms with van der Waals surface area (Å²) < 4.78 is 5.79. The molecule has 0 bridgehead atoms. The van der Waals surface area contributed by atoms with Crippen LogP contribution in [0.1, 0.15) is 36.3 Å². The number of guanidine groups is 1. The predicted molar refractivity (Wildman–Crippen MR) is 125 cm³/mol. The van der Waals surface area contributed by atoms with Crippen LogP contribution >= 0.6 is 11.8 Å². The Bertz CT molecular complexity index is 706. The van der Waals surface area contributed by atoms with Crippen LogP contribution in [0.2, 0.25) is 0 Å². The van der Waals surface area contributed by atoms with Gasteiger partial charge in [0.15, 0.2) is 5.96 Å². The second kappa shape index (κ2) is 11.3. The van der Waals surface area contributed by atoms with Gasteiger partial charge in [0, 0.05) is 44.0 Å². The van der Waals surface area contributed by atoms with Gasteiger partial charge in [0.2, 0.25) is 0 Å². The van der Waals surface area contributed by atoms with Gasteiger partial charge in [-0.2, -0.15) is 11.8 Å². The summed E-state index contributed by atoms with van der Waals surface area (Å²) in [7, 11) is 1.84. The third-order valence-electron chi connectivity index (χ3n) is 5.77. The summed E-state index contributed by atoms with van der Waals surface area (Å²) in [6.45, 7) is 3.48. The van der Waals surface area contributed by atoms with Crippen LogP contribution in [-0.4, -0.2) is 50.3 Å². The van der Waals surface area contributed by atoms with E-state index in [0.29, 0.717) is 5.92 Å². The molecule has 2 aromatic carbocycles. The lowest BCUT2D eigenvalue weighted by Gasteiger charge is -2.36. The molecular formula is C24H33N3OS. The smallest absolute Gasteiger partial charge is 0.191 e. The first-order chi connectivity index (χ1) is 14.3. The number of nitrogens with one attached hydrogen (secondary N) is 2. The van der Waals surface area contributed by atoms with Crippen LogP contribution in [0.4, 0.5) is 0 Å². The van der Waals surface area contributed by atoms with Crippen molar-refractivity contribution >= 4 is 17.7 Å². The third kappa shape index (κ3) is 6.25. The van der Waals surface area contributed by atoms with Crippen molar-refractivity contribution in [2.45, 2.75) is 29.9 Å². The fraction of sp³-hybridized carbons (Fsp3) is 0.458. The van der Waals surface area contributed by atoms with Crippen LogP contribution in [0.3, 0.4) is 0 Å². The summed E-state index contributed by atoms with van der Waals surface area (Å²) in [5, 5.41) is 7.07. The van der Waals surface area contributed by atoms with Gasteiger partial charge in [-0.05, 0) is 36.6 Å². The van der Waals surface area contributed by atoms with Gasteiger partial charge in [0.25, 0.3) is 0 Å². The van der Waals surface area contributed by atoms with Crippen LogP contribution < -0.4 is 10.6 Å². The van der Waals surface area contributed by atoms with Crippen molar-refractivity contribution in [3.8, 4) is 0 Å². The van der Waals surface area contributed by atoms with E-state index < -0.39 is 0 Å². The number of hydrogen-bond donors (Lipinski definition) is 2. The van der Waals surface area contributed by atoms with Gasteiger partial charge >= 0.3 is 0 Å². The number of nitrogens with zero attached hydrogens (tertiary/aromatic N) is 1. The minimum absolute atomic E-state index is 0.243. The zero-order valence-electron chi connectivity index (χ0n) is 17.6. The second-order valence-corrected chi connectivity index (χ2v) is 8.79. The van der Waals surface area contributed by atoms with Crippen LogP contribution in [0.5, 0.6) is 0 Å². The van der Waals surface area contributed by atoms with E-state index >= 15 is 0 Å². The predicted octanol–water partition coefficient (Wildman–Crippen LogP) is 4.29. The summed E-state index contributed by atoms with van der Waals surface area (Å²) in [6, 6.07) is 21.5.